The lowest BCUT2D eigenvalue weighted by Crippen LogP contribution is -2.36. The van der Waals surface area contributed by atoms with Crippen LogP contribution < -0.4 is 0 Å². The highest BCUT2D eigenvalue weighted by molar-refractivity contribution is 9.09. The molecule has 2 nitrogen and oxygen atoms in total. The van der Waals surface area contributed by atoms with Crippen molar-refractivity contribution in [3.8, 4) is 11.5 Å². The second-order valence-electron chi connectivity index (χ2n) is 6.57. The van der Waals surface area contributed by atoms with E-state index in [0.717, 1.165) is 32.1 Å². The van der Waals surface area contributed by atoms with Crippen molar-refractivity contribution >= 4 is 29.4 Å². The van der Waals surface area contributed by atoms with Gasteiger partial charge in [0.15, 0.2) is 0 Å². The summed E-state index contributed by atoms with van der Waals surface area (Å²) in [4.78, 5) is 12.8. The number of carbonyl (C=O) groups excluding carboxylic acids is 1. The van der Waals surface area contributed by atoms with E-state index in [2.05, 4.69) is 34.0 Å². The molecule has 0 aromatic heterocycles. The van der Waals surface area contributed by atoms with Crippen LogP contribution in [0.15, 0.2) is 12.7 Å². The maximum atomic E-state index is 12.3. The first-order valence-corrected chi connectivity index (χ1v) is 11.5. The van der Waals surface area contributed by atoms with Crippen molar-refractivity contribution in [2.24, 2.45) is 0 Å². The molecule has 0 heterocycles. The van der Waals surface area contributed by atoms with E-state index in [0.29, 0.717) is 11.2 Å². The third-order valence-electron chi connectivity index (χ3n) is 3.23. The molecule has 0 aromatic rings. The van der Waals surface area contributed by atoms with Gasteiger partial charge in [0, 0.05) is 11.2 Å². The van der Waals surface area contributed by atoms with Crippen LogP contribution in [0.4, 0.5) is 0 Å². The van der Waals surface area contributed by atoms with Gasteiger partial charge in [-0.15, -0.1) is 12.1 Å². The van der Waals surface area contributed by atoms with Gasteiger partial charge in [0.05, 0.1) is 0 Å². The van der Waals surface area contributed by atoms with Gasteiger partial charge in [-0.1, -0.05) is 47.4 Å². The molecule has 1 N–H and O–H groups in total. The number of unbranched alkanes of at least 4 members (excludes halogenated alkanes) is 1. The molecule has 0 rings (SSSR count). The lowest BCUT2D eigenvalue weighted by molar-refractivity contribution is -0.112. The summed E-state index contributed by atoms with van der Waals surface area (Å²) in [6, 6.07) is 0. The Bertz CT molecular complexity index is 399. The molecule has 0 fully saturated rings. The van der Waals surface area contributed by atoms with Gasteiger partial charge < -0.3 is 9.90 Å². The molecule has 120 valence electrons. The minimum Gasteiger partial charge on any atom is -0.378 e. The molecular formula is C17H29BrO2Si. The van der Waals surface area contributed by atoms with Crippen molar-refractivity contribution < 1.29 is 9.90 Å². The predicted molar refractivity (Wildman–Crippen MR) is 97.2 cm³/mol. The van der Waals surface area contributed by atoms with E-state index in [1.54, 1.807) is 13.8 Å². The number of halogens is 1. The van der Waals surface area contributed by atoms with Gasteiger partial charge in [0.1, 0.15) is 11.0 Å². The largest absolute Gasteiger partial charge is 0.378 e. The Balaban J connectivity index is 4.13. The maximum Gasteiger partial charge on any atom is 0.206 e. The summed E-state index contributed by atoms with van der Waals surface area (Å²) in [6.45, 7) is 10.9. The standard InChI is InChI=1S/C17H29BrO2Si/c1-6-7-10-15(18)11-8-9-12-16(19)21(4,5)14-13-17(2,3)20/h6,15,20H,1,7-12H2,2-5H3. The van der Waals surface area contributed by atoms with E-state index in [-0.39, 0.29) is 5.41 Å². The first kappa shape index (κ1) is 20.6. The first-order valence-electron chi connectivity index (χ1n) is 7.63. The summed E-state index contributed by atoms with van der Waals surface area (Å²) in [5.41, 5.74) is 2.03. The van der Waals surface area contributed by atoms with Gasteiger partial charge in [-0.05, 0) is 39.5 Å². The molecule has 21 heavy (non-hydrogen) atoms. The summed E-state index contributed by atoms with van der Waals surface area (Å²) in [6.07, 6.45) is 7.76. The SMILES string of the molecule is C=CCCC(Br)CCCCC(=O)[Si](C)(C)C#CC(C)(C)O. The van der Waals surface area contributed by atoms with E-state index in [4.69, 9.17) is 0 Å². The van der Waals surface area contributed by atoms with Crippen molar-refractivity contribution in [1.82, 2.24) is 0 Å². The van der Waals surface area contributed by atoms with Crippen LogP contribution >= 0.6 is 15.9 Å². The van der Waals surface area contributed by atoms with Crippen LogP contribution in [0, 0.1) is 11.5 Å². The lowest BCUT2D eigenvalue weighted by Gasteiger charge is -2.15. The van der Waals surface area contributed by atoms with Gasteiger partial charge in [0.25, 0.3) is 0 Å². The average molecular weight is 373 g/mol. The molecule has 0 aliphatic rings. The zero-order valence-corrected chi connectivity index (χ0v) is 16.4. The smallest absolute Gasteiger partial charge is 0.206 e. The summed E-state index contributed by atoms with van der Waals surface area (Å²) < 4.78 is 0. The fraction of sp³-hybridized carbons (Fsp3) is 0.706. The fourth-order valence-electron chi connectivity index (χ4n) is 1.79. The molecule has 0 spiro atoms. The topological polar surface area (TPSA) is 37.3 Å². The zero-order valence-electron chi connectivity index (χ0n) is 13.8. The molecule has 0 bridgehead atoms. The molecule has 4 heteroatoms. The molecule has 0 amide bonds. The molecule has 0 aliphatic carbocycles. The predicted octanol–water partition coefficient (Wildman–Crippen LogP) is 4.41. The fourth-order valence-corrected chi connectivity index (χ4v) is 3.93. The lowest BCUT2D eigenvalue weighted by atomic mass is 10.1. The molecule has 0 radical (unpaired) electrons. The minimum atomic E-state index is -2.20. The molecule has 0 aliphatic heterocycles. The Morgan fingerprint density at radius 2 is 2.00 bits per heavy atom. The molecular weight excluding hydrogens is 344 g/mol. The number of allylic oxidation sites excluding steroid dienone is 1. The van der Waals surface area contributed by atoms with E-state index in [9.17, 15) is 9.90 Å². The Morgan fingerprint density at radius 1 is 1.38 bits per heavy atom. The number of hydrogen-bond acceptors (Lipinski definition) is 2. The second-order valence-corrected chi connectivity index (χ2v) is 11.9. The van der Waals surface area contributed by atoms with Crippen LogP contribution in [0.25, 0.3) is 0 Å². The van der Waals surface area contributed by atoms with Crippen LogP contribution in [0.3, 0.4) is 0 Å². The summed E-state index contributed by atoms with van der Waals surface area (Å²) in [7, 11) is -2.20. The van der Waals surface area contributed by atoms with Crippen molar-refractivity contribution in [1.29, 1.82) is 0 Å². The van der Waals surface area contributed by atoms with Crippen LogP contribution in [-0.2, 0) is 4.79 Å². The number of rotatable bonds is 9. The van der Waals surface area contributed by atoms with Gasteiger partial charge in [0.2, 0.25) is 8.07 Å². The molecule has 1 unspecified atom stereocenters. The number of hydrogen-bond donors (Lipinski definition) is 1. The average Bonchev–Trinajstić information content (AvgIpc) is 2.38. The third-order valence-corrected chi connectivity index (χ3v) is 6.54. The number of aliphatic hydroxyl groups is 1. The third kappa shape index (κ3) is 10.9. The molecule has 0 aromatic carbocycles. The highest BCUT2D eigenvalue weighted by Gasteiger charge is 2.28. The van der Waals surface area contributed by atoms with E-state index in [1.807, 2.05) is 19.2 Å². The second kappa shape index (κ2) is 9.60. The number of carbonyl (C=O) groups is 1. The van der Waals surface area contributed by atoms with Crippen LogP contribution in [0.2, 0.25) is 13.1 Å². The summed E-state index contributed by atoms with van der Waals surface area (Å²) in [5.74, 6) is 2.80. The number of alkyl halides is 1. The molecule has 1 atom stereocenters. The van der Waals surface area contributed by atoms with E-state index < -0.39 is 13.7 Å². The van der Waals surface area contributed by atoms with Crippen molar-refractivity contribution in [2.45, 2.75) is 75.9 Å². The molecule has 0 saturated heterocycles. The van der Waals surface area contributed by atoms with Gasteiger partial charge >= 0.3 is 0 Å². The zero-order chi connectivity index (χ0) is 16.5. The van der Waals surface area contributed by atoms with Crippen molar-refractivity contribution in [2.75, 3.05) is 0 Å². The summed E-state index contributed by atoms with van der Waals surface area (Å²) in [5, 5.41) is 9.92. The Morgan fingerprint density at radius 3 is 2.52 bits per heavy atom. The molecule has 0 saturated carbocycles. The van der Waals surface area contributed by atoms with Crippen molar-refractivity contribution in [3.05, 3.63) is 12.7 Å². The Labute approximate surface area is 139 Å². The Kier molecular flexibility index (Phi) is 9.43. The van der Waals surface area contributed by atoms with Gasteiger partial charge in [-0.2, -0.15) is 0 Å². The first-order chi connectivity index (χ1) is 9.58. The summed E-state index contributed by atoms with van der Waals surface area (Å²) >= 11 is 3.66. The van der Waals surface area contributed by atoms with Gasteiger partial charge in [-0.25, -0.2) is 0 Å². The minimum absolute atomic E-state index is 0.288. The van der Waals surface area contributed by atoms with Crippen molar-refractivity contribution in [3.63, 3.8) is 0 Å². The van der Waals surface area contributed by atoms with Gasteiger partial charge in [-0.3, -0.25) is 0 Å². The highest BCUT2D eigenvalue weighted by Crippen LogP contribution is 2.17. The highest BCUT2D eigenvalue weighted by atomic mass is 79.9. The Hall–Kier alpha value is -0.373. The van der Waals surface area contributed by atoms with E-state index in [1.165, 1.54) is 0 Å². The quantitative estimate of drug-likeness (QED) is 0.214. The van der Waals surface area contributed by atoms with Crippen LogP contribution in [-0.4, -0.2) is 29.0 Å². The van der Waals surface area contributed by atoms with Crippen LogP contribution in [0.1, 0.15) is 52.4 Å². The monoisotopic (exact) mass is 372 g/mol. The normalized spacial score (nSPS) is 13.2. The van der Waals surface area contributed by atoms with E-state index >= 15 is 0 Å². The maximum absolute atomic E-state index is 12.3. The van der Waals surface area contributed by atoms with Crippen LogP contribution in [0.5, 0.6) is 0 Å².